The first-order chi connectivity index (χ1) is 12.2. The normalized spacial score (nSPS) is 11.0. The van der Waals surface area contributed by atoms with Gasteiger partial charge >= 0.3 is 0 Å². The van der Waals surface area contributed by atoms with Gasteiger partial charge in [0.1, 0.15) is 11.5 Å². The smallest absolute Gasteiger partial charge is 0.155 e. The number of phenols is 1. The van der Waals surface area contributed by atoms with Crippen LogP contribution in [0, 0.1) is 6.92 Å². The molecule has 5 nitrogen and oxygen atoms in total. The summed E-state index contributed by atoms with van der Waals surface area (Å²) in [6.07, 6.45) is 1.82. The number of para-hydroxylation sites is 1. The van der Waals surface area contributed by atoms with Gasteiger partial charge in [-0.2, -0.15) is 5.10 Å². The first-order valence-corrected chi connectivity index (χ1v) is 7.95. The summed E-state index contributed by atoms with van der Waals surface area (Å²) in [4.78, 5) is 4.52. The van der Waals surface area contributed by atoms with Crippen LogP contribution in [0.15, 0.2) is 60.8 Å². The van der Waals surface area contributed by atoms with Crippen molar-refractivity contribution in [3.63, 3.8) is 0 Å². The Morgan fingerprint density at radius 3 is 2.48 bits per heavy atom. The van der Waals surface area contributed by atoms with Crippen LogP contribution in [0.1, 0.15) is 5.69 Å². The van der Waals surface area contributed by atoms with E-state index in [1.807, 2.05) is 55.6 Å². The van der Waals surface area contributed by atoms with E-state index in [1.165, 1.54) is 0 Å². The maximum Gasteiger partial charge on any atom is 0.155 e. The van der Waals surface area contributed by atoms with Crippen LogP contribution < -0.4 is 4.74 Å². The fourth-order valence-electron chi connectivity index (χ4n) is 2.96. The van der Waals surface area contributed by atoms with Gasteiger partial charge in [0.05, 0.1) is 18.5 Å². The van der Waals surface area contributed by atoms with E-state index in [0.717, 1.165) is 33.9 Å². The maximum atomic E-state index is 10.4. The highest BCUT2D eigenvalue weighted by atomic mass is 16.5. The topological polar surface area (TPSA) is 59.7 Å². The molecule has 0 saturated carbocycles. The van der Waals surface area contributed by atoms with Gasteiger partial charge in [0, 0.05) is 23.4 Å². The molecular weight excluding hydrogens is 314 g/mol. The molecule has 0 unspecified atom stereocenters. The van der Waals surface area contributed by atoms with Crippen LogP contribution >= 0.6 is 0 Å². The van der Waals surface area contributed by atoms with Crippen molar-refractivity contribution >= 4 is 5.65 Å². The van der Waals surface area contributed by atoms with Gasteiger partial charge in [-0.05, 0) is 36.8 Å². The molecule has 2 aromatic heterocycles. The van der Waals surface area contributed by atoms with E-state index >= 15 is 0 Å². The Kier molecular flexibility index (Phi) is 3.61. The number of ether oxygens (including phenoxy) is 1. The van der Waals surface area contributed by atoms with Crippen molar-refractivity contribution in [3.05, 3.63) is 66.5 Å². The van der Waals surface area contributed by atoms with Crippen LogP contribution in [-0.4, -0.2) is 26.8 Å². The summed E-state index contributed by atoms with van der Waals surface area (Å²) in [5, 5.41) is 15.0. The number of rotatable bonds is 3. The number of hydrogen-bond acceptors (Lipinski definition) is 4. The third-order valence-corrected chi connectivity index (χ3v) is 4.17. The molecule has 0 aliphatic carbocycles. The Bertz CT molecular complexity index is 1050. The molecule has 0 aliphatic heterocycles. The summed E-state index contributed by atoms with van der Waals surface area (Å²) >= 11 is 0. The van der Waals surface area contributed by atoms with Gasteiger partial charge in [-0.25, -0.2) is 9.50 Å². The highest BCUT2D eigenvalue weighted by Crippen LogP contribution is 2.37. The average molecular weight is 331 g/mol. The molecule has 0 atom stereocenters. The zero-order valence-corrected chi connectivity index (χ0v) is 14.0. The van der Waals surface area contributed by atoms with Gasteiger partial charge in [0.25, 0.3) is 0 Å². The van der Waals surface area contributed by atoms with Gasteiger partial charge in [0.15, 0.2) is 5.65 Å². The van der Waals surface area contributed by atoms with Crippen LogP contribution in [0.25, 0.3) is 28.0 Å². The fraction of sp³-hybridized carbons (Fsp3) is 0.100. The Morgan fingerprint density at radius 1 is 1.00 bits per heavy atom. The second-order valence-corrected chi connectivity index (χ2v) is 5.82. The van der Waals surface area contributed by atoms with Crippen molar-refractivity contribution in [2.75, 3.05) is 7.11 Å². The van der Waals surface area contributed by atoms with Gasteiger partial charge < -0.3 is 9.84 Å². The number of nitrogens with zero attached hydrogens (tertiary/aromatic N) is 3. The van der Waals surface area contributed by atoms with E-state index in [1.54, 1.807) is 23.8 Å². The standard InChI is InChI=1S/C20H17N3O2/c1-13-11-19-21-12-17(14-7-9-15(25-2)10-8-14)20(23(19)22-13)16-5-3-4-6-18(16)24/h3-12,24H,1-2H3. The predicted octanol–water partition coefficient (Wildman–Crippen LogP) is 4.09. The lowest BCUT2D eigenvalue weighted by molar-refractivity contribution is 0.415. The Morgan fingerprint density at radius 2 is 1.76 bits per heavy atom. The largest absolute Gasteiger partial charge is 0.507 e. The van der Waals surface area contributed by atoms with Crippen LogP contribution in [0.2, 0.25) is 0 Å². The first-order valence-electron chi connectivity index (χ1n) is 7.95. The molecule has 2 aromatic carbocycles. The number of hydrogen-bond donors (Lipinski definition) is 1. The average Bonchev–Trinajstić information content (AvgIpc) is 3.02. The van der Waals surface area contributed by atoms with E-state index in [9.17, 15) is 5.11 Å². The van der Waals surface area contributed by atoms with Crippen molar-refractivity contribution in [1.29, 1.82) is 0 Å². The molecule has 0 aliphatic rings. The predicted molar refractivity (Wildman–Crippen MR) is 96.8 cm³/mol. The highest BCUT2D eigenvalue weighted by Gasteiger charge is 2.17. The summed E-state index contributed by atoms with van der Waals surface area (Å²) in [6, 6.07) is 16.9. The second kappa shape index (κ2) is 5.94. The van der Waals surface area contributed by atoms with Crippen molar-refractivity contribution in [3.8, 4) is 33.9 Å². The van der Waals surface area contributed by atoms with E-state index < -0.39 is 0 Å². The first kappa shape index (κ1) is 15.2. The van der Waals surface area contributed by atoms with E-state index in [0.29, 0.717) is 5.56 Å². The fourth-order valence-corrected chi connectivity index (χ4v) is 2.96. The quantitative estimate of drug-likeness (QED) is 0.614. The molecule has 0 radical (unpaired) electrons. The highest BCUT2D eigenvalue weighted by molar-refractivity contribution is 5.84. The number of phenolic OH excluding ortho intramolecular Hbond substituents is 1. The van der Waals surface area contributed by atoms with Crippen molar-refractivity contribution < 1.29 is 9.84 Å². The summed E-state index contributed by atoms with van der Waals surface area (Å²) < 4.78 is 7.02. The summed E-state index contributed by atoms with van der Waals surface area (Å²) in [7, 11) is 1.64. The molecule has 1 N–H and O–H groups in total. The molecule has 124 valence electrons. The molecule has 5 heteroatoms. The van der Waals surface area contributed by atoms with E-state index in [-0.39, 0.29) is 5.75 Å². The molecular formula is C20H17N3O2. The minimum Gasteiger partial charge on any atom is -0.507 e. The number of aryl methyl sites for hydroxylation is 1. The Hall–Kier alpha value is -3.34. The number of aromatic nitrogens is 3. The number of benzene rings is 2. The van der Waals surface area contributed by atoms with Gasteiger partial charge in [0.2, 0.25) is 0 Å². The minimum atomic E-state index is 0.206. The molecule has 0 saturated heterocycles. The van der Waals surface area contributed by atoms with Crippen molar-refractivity contribution in [1.82, 2.24) is 14.6 Å². The van der Waals surface area contributed by atoms with Crippen molar-refractivity contribution in [2.24, 2.45) is 0 Å². The van der Waals surface area contributed by atoms with Crippen LogP contribution in [0.3, 0.4) is 0 Å². The monoisotopic (exact) mass is 331 g/mol. The summed E-state index contributed by atoms with van der Waals surface area (Å²) in [5.41, 5.74) is 5.00. The van der Waals surface area contributed by atoms with Gasteiger partial charge in [-0.15, -0.1) is 0 Å². The summed E-state index contributed by atoms with van der Waals surface area (Å²) in [6.45, 7) is 1.93. The molecule has 0 amide bonds. The van der Waals surface area contributed by atoms with Gasteiger partial charge in [-0.3, -0.25) is 0 Å². The van der Waals surface area contributed by atoms with Crippen LogP contribution in [0.4, 0.5) is 0 Å². The third-order valence-electron chi connectivity index (χ3n) is 4.17. The van der Waals surface area contributed by atoms with Crippen molar-refractivity contribution in [2.45, 2.75) is 6.92 Å². The Labute approximate surface area is 145 Å². The molecule has 0 spiro atoms. The minimum absolute atomic E-state index is 0.206. The lowest BCUT2D eigenvalue weighted by Gasteiger charge is -2.13. The Balaban J connectivity index is 2.03. The molecule has 0 fully saturated rings. The maximum absolute atomic E-state index is 10.4. The molecule has 4 rings (SSSR count). The lowest BCUT2D eigenvalue weighted by Crippen LogP contribution is -2.00. The zero-order valence-electron chi connectivity index (χ0n) is 14.0. The number of aromatic hydroxyl groups is 1. The molecule has 0 bridgehead atoms. The zero-order chi connectivity index (χ0) is 17.4. The molecule has 2 heterocycles. The molecule has 4 aromatic rings. The lowest BCUT2D eigenvalue weighted by atomic mass is 10.00. The van der Waals surface area contributed by atoms with Crippen LogP contribution in [0.5, 0.6) is 11.5 Å². The van der Waals surface area contributed by atoms with Crippen LogP contribution in [-0.2, 0) is 0 Å². The van der Waals surface area contributed by atoms with Gasteiger partial charge in [-0.1, -0.05) is 24.3 Å². The number of fused-ring (bicyclic) bond motifs is 1. The van der Waals surface area contributed by atoms with E-state index in [2.05, 4.69) is 10.1 Å². The second-order valence-electron chi connectivity index (χ2n) is 5.82. The SMILES string of the molecule is COc1ccc(-c2cnc3cc(C)nn3c2-c2ccccc2O)cc1. The third kappa shape index (κ3) is 2.59. The molecule has 25 heavy (non-hydrogen) atoms. The summed E-state index contributed by atoms with van der Waals surface area (Å²) in [5.74, 6) is 0.995. The van der Waals surface area contributed by atoms with E-state index in [4.69, 9.17) is 4.74 Å². The number of methoxy groups -OCH3 is 1.